The van der Waals surface area contributed by atoms with Crippen molar-refractivity contribution in [3.63, 3.8) is 0 Å². The average molecular weight is 284 g/mol. The van der Waals surface area contributed by atoms with Gasteiger partial charge >= 0.3 is 6.18 Å². The largest absolute Gasteiger partial charge is 0.416 e. The molecule has 0 saturated carbocycles. The number of nitrogens with zero attached hydrogens (tertiary/aromatic N) is 1. The second kappa shape index (κ2) is 4.36. The lowest BCUT2D eigenvalue weighted by Gasteiger charge is -2.13. The number of nitrogens with two attached hydrogens (primary N) is 1. The number of carbonyl (C=O) groups excluding carboxylic acids is 1. The molecular formula is C13H11F3N2O2. The van der Waals surface area contributed by atoms with Crippen LogP contribution in [0.2, 0.25) is 0 Å². The third-order valence-corrected chi connectivity index (χ3v) is 3.23. The number of primary amides is 1. The highest BCUT2D eigenvalue weighted by Crippen LogP contribution is 2.32. The van der Waals surface area contributed by atoms with E-state index >= 15 is 0 Å². The minimum absolute atomic E-state index is 0.104. The third-order valence-electron chi connectivity index (χ3n) is 3.23. The Bertz CT molecular complexity index is 776. The van der Waals surface area contributed by atoms with E-state index in [9.17, 15) is 22.8 Å². The molecule has 0 fully saturated rings. The Morgan fingerprint density at radius 3 is 2.40 bits per heavy atom. The fraction of sp³-hybridized carbons (Fsp3) is 0.231. The van der Waals surface area contributed by atoms with Crippen LogP contribution < -0.4 is 11.3 Å². The van der Waals surface area contributed by atoms with Gasteiger partial charge < -0.3 is 10.3 Å². The topological polar surface area (TPSA) is 65.1 Å². The van der Waals surface area contributed by atoms with Gasteiger partial charge in [-0.2, -0.15) is 13.2 Å². The summed E-state index contributed by atoms with van der Waals surface area (Å²) in [5, 5.41) is 0.383. The monoisotopic (exact) mass is 284 g/mol. The Balaban J connectivity index is 2.93. The Labute approximate surface area is 111 Å². The minimum atomic E-state index is -4.50. The molecule has 0 aliphatic heterocycles. The minimum Gasteiger partial charge on any atom is -0.365 e. The molecule has 106 valence electrons. The molecule has 20 heavy (non-hydrogen) atoms. The number of rotatable bonds is 1. The van der Waals surface area contributed by atoms with Crippen molar-refractivity contribution in [1.29, 1.82) is 0 Å². The zero-order chi connectivity index (χ0) is 15.2. The molecule has 0 radical (unpaired) electrons. The Morgan fingerprint density at radius 1 is 1.30 bits per heavy atom. The lowest BCUT2D eigenvalue weighted by Crippen LogP contribution is -2.30. The number of fused-ring (bicyclic) bond motifs is 1. The molecule has 0 spiro atoms. The number of alkyl halides is 3. The molecule has 7 heteroatoms. The van der Waals surface area contributed by atoms with E-state index in [0.29, 0.717) is 5.39 Å². The molecule has 0 bridgehead atoms. The molecule has 1 aromatic heterocycles. The predicted molar refractivity (Wildman–Crippen MR) is 67.4 cm³/mol. The van der Waals surface area contributed by atoms with Crippen molar-refractivity contribution in [3.05, 3.63) is 45.2 Å². The first-order chi connectivity index (χ1) is 9.14. The van der Waals surface area contributed by atoms with Crippen molar-refractivity contribution in [2.45, 2.75) is 13.1 Å². The first-order valence-electron chi connectivity index (χ1n) is 5.65. The summed E-state index contributed by atoms with van der Waals surface area (Å²) in [4.78, 5) is 23.3. The van der Waals surface area contributed by atoms with Crippen LogP contribution in [0.5, 0.6) is 0 Å². The van der Waals surface area contributed by atoms with E-state index in [0.717, 1.165) is 16.7 Å². The third kappa shape index (κ3) is 2.04. The number of hydrogen-bond donors (Lipinski definition) is 1. The molecule has 1 amide bonds. The SMILES string of the molecule is Cc1c(C(N)=O)c(=O)n(C)c2cc(C(F)(F)F)ccc12. The van der Waals surface area contributed by atoms with Crippen LogP contribution in [-0.4, -0.2) is 10.5 Å². The average Bonchev–Trinajstić information content (AvgIpc) is 2.34. The van der Waals surface area contributed by atoms with Gasteiger partial charge in [0.2, 0.25) is 0 Å². The van der Waals surface area contributed by atoms with Crippen molar-refractivity contribution < 1.29 is 18.0 Å². The van der Waals surface area contributed by atoms with Crippen molar-refractivity contribution >= 4 is 16.8 Å². The second-order valence-electron chi connectivity index (χ2n) is 4.46. The van der Waals surface area contributed by atoms with Crippen LogP contribution in [0, 0.1) is 6.92 Å². The van der Waals surface area contributed by atoms with Crippen LogP contribution in [0.25, 0.3) is 10.9 Å². The summed E-state index contributed by atoms with van der Waals surface area (Å²) < 4.78 is 39.1. The van der Waals surface area contributed by atoms with E-state index in [-0.39, 0.29) is 16.6 Å². The van der Waals surface area contributed by atoms with Crippen LogP contribution >= 0.6 is 0 Å². The molecule has 1 aromatic carbocycles. The Kier molecular flexibility index (Phi) is 3.08. The van der Waals surface area contributed by atoms with E-state index in [4.69, 9.17) is 5.73 Å². The van der Waals surface area contributed by atoms with Gasteiger partial charge in [-0.1, -0.05) is 6.07 Å². The van der Waals surface area contributed by atoms with E-state index in [1.165, 1.54) is 20.0 Å². The zero-order valence-corrected chi connectivity index (χ0v) is 10.7. The predicted octanol–water partition coefficient (Wildman–Crippen LogP) is 1.96. The summed E-state index contributed by atoms with van der Waals surface area (Å²) in [6, 6.07) is 3.03. The molecule has 4 nitrogen and oxygen atoms in total. The first-order valence-corrected chi connectivity index (χ1v) is 5.65. The molecule has 1 heterocycles. The lowest BCUT2D eigenvalue weighted by atomic mass is 10.0. The van der Waals surface area contributed by atoms with Gasteiger partial charge in [-0.05, 0) is 24.6 Å². The first kappa shape index (κ1) is 14.1. The van der Waals surface area contributed by atoms with Crippen LogP contribution in [0.15, 0.2) is 23.0 Å². The molecule has 0 saturated heterocycles. The summed E-state index contributed by atoms with van der Waals surface area (Å²) in [6.45, 7) is 1.48. The summed E-state index contributed by atoms with van der Waals surface area (Å²) in [5.74, 6) is -0.898. The van der Waals surface area contributed by atoms with Crippen LogP contribution in [0.4, 0.5) is 13.2 Å². The van der Waals surface area contributed by atoms with Crippen molar-refractivity contribution in [1.82, 2.24) is 4.57 Å². The zero-order valence-electron chi connectivity index (χ0n) is 10.7. The van der Waals surface area contributed by atoms with Gasteiger partial charge in [-0.3, -0.25) is 9.59 Å². The quantitative estimate of drug-likeness (QED) is 0.870. The van der Waals surface area contributed by atoms with Crippen molar-refractivity contribution in [2.24, 2.45) is 12.8 Å². The van der Waals surface area contributed by atoms with Gasteiger partial charge in [-0.25, -0.2) is 0 Å². The lowest BCUT2D eigenvalue weighted by molar-refractivity contribution is -0.137. The summed E-state index contributed by atoms with van der Waals surface area (Å²) in [7, 11) is 1.30. The molecule has 0 unspecified atom stereocenters. The number of halogens is 3. The van der Waals surface area contributed by atoms with Crippen molar-refractivity contribution in [2.75, 3.05) is 0 Å². The van der Waals surface area contributed by atoms with Crippen LogP contribution in [0.1, 0.15) is 21.5 Å². The van der Waals surface area contributed by atoms with Gasteiger partial charge in [0, 0.05) is 12.4 Å². The molecule has 2 N–H and O–H groups in total. The van der Waals surface area contributed by atoms with E-state index in [1.54, 1.807) is 0 Å². The van der Waals surface area contributed by atoms with E-state index in [1.807, 2.05) is 0 Å². The molecular weight excluding hydrogens is 273 g/mol. The fourth-order valence-corrected chi connectivity index (χ4v) is 2.16. The number of amides is 1. The molecule has 0 aliphatic carbocycles. The number of carbonyl (C=O) groups is 1. The highest BCUT2D eigenvalue weighted by atomic mass is 19.4. The standard InChI is InChI=1S/C13H11F3N2O2/c1-6-8-4-3-7(13(14,15)16)5-9(8)18(2)12(20)10(6)11(17)19/h3-5H,1-2H3,(H2,17,19). The highest BCUT2D eigenvalue weighted by Gasteiger charge is 2.31. The second-order valence-corrected chi connectivity index (χ2v) is 4.46. The maximum atomic E-state index is 12.7. The van der Waals surface area contributed by atoms with Crippen molar-refractivity contribution in [3.8, 4) is 0 Å². The van der Waals surface area contributed by atoms with Crippen LogP contribution in [-0.2, 0) is 13.2 Å². The van der Waals surface area contributed by atoms with Crippen LogP contribution in [0.3, 0.4) is 0 Å². The Hall–Kier alpha value is -2.31. The molecule has 2 rings (SSSR count). The molecule has 2 aromatic rings. The number of hydrogen-bond acceptors (Lipinski definition) is 2. The van der Waals surface area contributed by atoms with E-state index in [2.05, 4.69) is 0 Å². The van der Waals surface area contributed by atoms with Gasteiger partial charge in [0.15, 0.2) is 0 Å². The number of pyridine rings is 1. The van der Waals surface area contributed by atoms with Gasteiger partial charge in [0.1, 0.15) is 5.56 Å². The number of benzene rings is 1. The molecule has 0 atom stereocenters. The number of aromatic nitrogens is 1. The smallest absolute Gasteiger partial charge is 0.365 e. The highest BCUT2D eigenvalue weighted by molar-refractivity contribution is 5.99. The maximum absolute atomic E-state index is 12.7. The number of aryl methyl sites for hydroxylation is 2. The van der Waals surface area contributed by atoms with E-state index < -0.39 is 23.2 Å². The fourth-order valence-electron chi connectivity index (χ4n) is 2.16. The normalized spacial score (nSPS) is 11.8. The van der Waals surface area contributed by atoms with Gasteiger partial charge in [0.25, 0.3) is 11.5 Å². The summed E-state index contributed by atoms with van der Waals surface area (Å²) in [5.41, 5.74) is 3.76. The van der Waals surface area contributed by atoms with Gasteiger partial charge in [-0.15, -0.1) is 0 Å². The maximum Gasteiger partial charge on any atom is 0.416 e. The van der Waals surface area contributed by atoms with Gasteiger partial charge in [0.05, 0.1) is 11.1 Å². The molecule has 0 aliphatic rings. The Morgan fingerprint density at radius 2 is 1.90 bits per heavy atom. The summed E-state index contributed by atoms with van der Waals surface area (Å²) in [6.07, 6.45) is -4.50. The summed E-state index contributed by atoms with van der Waals surface area (Å²) >= 11 is 0.